The molecule has 0 unspecified atom stereocenters. The van der Waals surface area contributed by atoms with Crippen molar-refractivity contribution in [1.82, 2.24) is 4.90 Å². The molecule has 1 heterocycles. The number of likely N-dealkylation sites (tertiary alicyclic amines) is 1. The predicted molar refractivity (Wildman–Crippen MR) is 74.4 cm³/mol. The number of rotatable bonds is 3. The minimum Gasteiger partial charge on any atom is -0.376 e. The molecule has 17 heavy (non-hydrogen) atoms. The summed E-state index contributed by atoms with van der Waals surface area (Å²) in [5.41, 5.74) is 0. The Labute approximate surface area is 108 Å². The van der Waals surface area contributed by atoms with Crippen molar-refractivity contribution in [2.24, 2.45) is 5.92 Å². The third kappa shape index (κ3) is 4.97. The van der Waals surface area contributed by atoms with Crippen LogP contribution in [-0.2, 0) is 4.74 Å². The van der Waals surface area contributed by atoms with Gasteiger partial charge >= 0.3 is 0 Å². The molecule has 0 aromatic heterocycles. The molecule has 0 bridgehead atoms. The van der Waals surface area contributed by atoms with Crippen LogP contribution in [0.1, 0.15) is 59.8 Å². The topological polar surface area (TPSA) is 12.5 Å². The van der Waals surface area contributed by atoms with Gasteiger partial charge in [0, 0.05) is 25.7 Å². The lowest BCUT2D eigenvalue weighted by Gasteiger charge is -2.46. The molecule has 2 aliphatic rings. The molecule has 0 radical (unpaired) electrons. The van der Waals surface area contributed by atoms with E-state index in [-0.39, 0.29) is 0 Å². The van der Waals surface area contributed by atoms with Gasteiger partial charge in [0.05, 0.1) is 6.10 Å². The van der Waals surface area contributed by atoms with E-state index in [9.17, 15) is 0 Å². The molecule has 0 spiro atoms. The van der Waals surface area contributed by atoms with E-state index in [2.05, 4.69) is 32.6 Å². The van der Waals surface area contributed by atoms with E-state index in [1.807, 2.05) is 0 Å². The summed E-state index contributed by atoms with van der Waals surface area (Å²) >= 11 is 0. The van der Waals surface area contributed by atoms with Crippen LogP contribution in [0.3, 0.4) is 0 Å². The molecular formula is C15H31NO. The maximum atomic E-state index is 5.58. The highest BCUT2D eigenvalue weighted by molar-refractivity contribution is 4.88. The summed E-state index contributed by atoms with van der Waals surface area (Å²) in [5.74, 6) is 0.968. The second-order valence-corrected chi connectivity index (χ2v) is 5.65. The fourth-order valence-corrected chi connectivity index (χ4v) is 2.72. The summed E-state index contributed by atoms with van der Waals surface area (Å²) in [4.78, 5) is 2.62. The highest BCUT2D eigenvalue weighted by Gasteiger charge is 2.33. The number of hydrogen-bond donors (Lipinski definition) is 0. The number of ether oxygens (including phenoxy) is 1. The fourth-order valence-electron chi connectivity index (χ4n) is 2.72. The van der Waals surface area contributed by atoms with Gasteiger partial charge in [-0.15, -0.1) is 0 Å². The molecule has 0 aromatic rings. The number of nitrogens with zero attached hydrogens (tertiary/aromatic N) is 1. The van der Waals surface area contributed by atoms with E-state index >= 15 is 0 Å². The second-order valence-electron chi connectivity index (χ2n) is 5.65. The second kappa shape index (κ2) is 8.10. The molecule has 102 valence electrons. The zero-order valence-corrected chi connectivity index (χ0v) is 12.2. The van der Waals surface area contributed by atoms with E-state index in [4.69, 9.17) is 4.74 Å². The lowest BCUT2D eigenvalue weighted by Crippen LogP contribution is -2.57. The van der Waals surface area contributed by atoms with Crippen LogP contribution in [0.25, 0.3) is 0 Å². The maximum Gasteiger partial charge on any atom is 0.0828 e. The average Bonchev–Trinajstić information content (AvgIpc) is 2.26. The zero-order valence-electron chi connectivity index (χ0n) is 12.2. The molecule has 2 heteroatoms. The van der Waals surface area contributed by atoms with Gasteiger partial charge in [-0.25, -0.2) is 0 Å². The van der Waals surface area contributed by atoms with E-state index in [1.54, 1.807) is 0 Å². The van der Waals surface area contributed by atoms with Crippen molar-refractivity contribution in [3.8, 4) is 0 Å². The van der Waals surface area contributed by atoms with Gasteiger partial charge in [-0.2, -0.15) is 0 Å². The van der Waals surface area contributed by atoms with E-state index in [1.165, 1.54) is 45.2 Å². The molecule has 0 N–H and O–H groups in total. The molecule has 2 nitrogen and oxygen atoms in total. The van der Waals surface area contributed by atoms with E-state index in [0.717, 1.165) is 18.6 Å². The Morgan fingerprint density at radius 2 is 1.53 bits per heavy atom. The monoisotopic (exact) mass is 241 g/mol. The normalized spacial score (nSPS) is 30.4. The van der Waals surface area contributed by atoms with E-state index < -0.39 is 0 Å². The molecule has 0 amide bonds. The van der Waals surface area contributed by atoms with Crippen molar-refractivity contribution >= 4 is 0 Å². The first kappa shape index (κ1) is 15.0. The van der Waals surface area contributed by atoms with Crippen molar-refractivity contribution in [2.75, 3.05) is 19.7 Å². The molecule has 1 aliphatic carbocycles. The first-order valence-electron chi connectivity index (χ1n) is 7.56. The van der Waals surface area contributed by atoms with Crippen molar-refractivity contribution < 1.29 is 4.74 Å². The van der Waals surface area contributed by atoms with E-state index in [0.29, 0.717) is 6.10 Å². The predicted octanol–water partition coefficient (Wildman–Crippen LogP) is 3.70. The maximum absolute atomic E-state index is 5.58. The van der Waals surface area contributed by atoms with Crippen LogP contribution in [-0.4, -0.2) is 36.7 Å². The Hall–Kier alpha value is -0.0800. The van der Waals surface area contributed by atoms with Gasteiger partial charge in [0.15, 0.2) is 0 Å². The Bertz CT molecular complexity index is 181. The van der Waals surface area contributed by atoms with Crippen LogP contribution in [0.15, 0.2) is 0 Å². The smallest absolute Gasteiger partial charge is 0.0828 e. The summed E-state index contributed by atoms with van der Waals surface area (Å²) < 4.78 is 5.58. The molecular weight excluding hydrogens is 210 g/mol. The van der Waals surface area contributed by atoms with Gasteiger partial charge in [0.2, 0.25) is 0 Å². The summed E-state index contributed by atoms with van der Waals surface area (Å²) in [6, 6.07) is 0.878. The highest BCUT2D eigenvalue weighted by Crippen LogP contribution is 2.30. The van der Waals surface area contributed by atoms with Gasteiger partial charge in [-0.05, 0) is 38.5 Å². The van der Waals surface area contributed by atoms with Crippen molar-refractivity contribution in [3.63, 3.8) is 0 Å². The van der Waals surface area contributed by atoms with Gasteiger partial charge in [-0.3, -0.25) is 4.90 Å². The molecule has 1 saturated heterocycles. The van der Waals surface area contributed by atoms with Crippen LogP contribution >= 0.6 is 0 Å². The van der Waals surface area contributed by atoms with Crippen LogP contribution < -0.4 is 0 Å². The standard InChI is InChI=1S/C12H23NO.C3H8/c1-3-14-12-8-13(9-12)11-6-4-10(2)5-7-11;1-3-2/h10-12H,3-9H2,1-2H3;3H2,1-2H3. The summed E-state index contributed by atoms with van der Waals surface area (Å²) in [6.07, 6.45) is 7.49. The zero-order chi connectivity index (χ0) is 12.7. The first-order valence-corrected chi connectivity index (χ1v) is 7.56. The molecule has 2 fully saturated rings. The quantitative estimate of drug-likeness (QED) is 0.747. The highest BCUT2D eigenvalue weighted by atomic mass is 16.5. The third-order valence-electron chi connectivity index (χ3n) is 3.78. The lowest BCUT2D eigenvalue weighted by atomic mass is 9.85. The van der Waals surface area contributed by atoms with Gasteiger partial charge < -0.3 is 4.74 Å². The summed E-state index contributed by atoms with van der Waals surface area (Å²) in [6.45, 7) is 12.0. The summed E-state index contributed by atoms with van der Waals surface area (Å²) in [5, 5.41) is 0. The molecule has 0 atom stereocenters. The van der Waals surface area contributed by atoms with Crippen molar-refractivity contribution in [2.45, 2.75) is 71.9 Å². The lowest BCUT2D eigenvalue weighted by molar-refractivity contribution is -0.0748. The average molecular weight is 241 g/mol. The van der Waals surface area contributed by atoms with Crippen LogP contribution in [0.2, 0.25) is 0 Å². The fraction of sp³-hybridized carbons (Fsp3) is 1.00. The minimum atomic E-state index is 0.541. The molecule has 1 saturated carbocycles. The van der Waals surface area contributed by atoms with Crippen molar-refractivity contribution in [3.05, 3.63) is 0 Å². The SMILES string of the molecule is CCC.CCOC1CN(C2CCC(C)CC2)C1. The minimum absolute atomic E-state index is 0.541. The first-order chi connectivity index (χ1) is 8.21. The van der Waals surface area contributed by atoms with Crippen LogP contribution in [0, 0.1) is 5.92 Å². The van der Waals surface area contributed by atoms with Gasteiger partial charge in [0.1, 0.15) is 0 Å². The summed E-state index contributed by atoms with van der Waals surface area (Å²) in [7, 11) is 0. The van der Waals surface area contributed by atoms with Crippen LogP contribution in [0.5, 0.6) is 0 Å². The Morgan fingerprint density at radius 1 is 1.00 bits per heavy atom. The van der Waals surface area contributed by atoms with Gasteiger partial charge in [0.25, 0.3) is 0 Å². The molecule has 2 rings (SSSR count). The third-order valence-corrected chi connectivity index (χ3v) is 3.78. The van der Waals surface area contributed by atoms with Gasteiger partial charge in [-0.1, -0.05) is 27.2 Å². The Morgan fingerprint density at radius 3 is 2.00 bits per heavy atom. The van der Waals surface area contributed by atoms with Crippen molar-refractivity contribution in [1.29, 1.82) is 0 Å². The largest absolute Gasteiger partial charge is 0.376 e. The molecule has 0 aromatic carbocycles. The molecule has 1 aliphatic heterocycles. The number of hydrogen-bond acceptors (Lipinski definition) is 2. The Balaban J connectivity index is 0.000000437. The Kier molecular flexibility index (Phi) is 7.14. The van der Waals surface area contributed by atoms with Crippen LogP contribution in [0.4, 0.5) is 0 Å².